The van der Waals surface area contributed by atoms with Crippen LogP contribution in [0.2, 0.25) is 15.1 Å². The first-order valence-corrected chi connectivity index (χ1v) is 14.6. The van der Waals surface area contributed by atoms with Gasteiger partial charge in [-0.15, -0.1) is 5.10 Å². The molecule has 0 radical (unpaired) electrons. The zero-order valence-corrected chi connectivity index (χ0v) is 24.5. The Labute approximate surface area is 256 Å². The number of piperidine rings is 1. The van der Waals surface area contributed by atoms with E-state index in [-0.39, 0.29) is 12.2 Å². The van der Waals surface area contributed by atoms with E-state index in [0.29, 0.717) is 69.6 Å². The molecule has 0 amide bonds. The zero-order chi connectivity index (χ0) is 29.6. The SMILES string of the molecule is O=C(O)c1cc(F)cc(N2CCC(O)(c3ccc(OCc4c(C5CC5)nnn4-c4c(Cl)cccc4Cl)cc3Cl)CC2)c1. The van der Waals surface area contributed by atoms with Crippen molar-refractivity contribution in [3.63, 3.8) is 0 Å². The molecule has 8 nitrogen and oxygen atoms in total. The lowest BCUT2D eigenvalue weighted by atomic mass is 9.84. The molecule has 0 atom stereocenters. The van der Waals surface area contributed by atoms with Crippen molar-refractivity contribution < 1.29 is 24.1 Å². The summed E-state index contributed by atoms with van der Waals surface area (Å²) in [6.45, 7) is 0.930. The maximum Gasteiger partial charge on any atom is 0.335 e. The first-order chi connectivity index (χ1) is 20.1. The average molecular weight is 632 g/mol. The highest BCUT2D eigenvalue weighted by atomic mass is 35.5. The lowest BCUT2D eigenvalue weighted by Gasteiger charge is -2.40. The van der Waals surface area contributed by atoms with Crippen LogP contribution in [0, 0.1) is 5.82 Å². The van der Waals surface area contributed by atoms with Crippen LogP contribution in [-0.4, -0.2) is 44.3 Å². The van der Waals surface area contributed by atoms with Crippen molar-refractivity contribution in [1.29, 1.82) is 0 Å². The Balaban J connectivity index is 1.18. The number of aromatic carboxylic acids is 1. The number of carboxylic acids is 1. The Morgan fingerprint density at radius 1 is 1.02 bits per heavy atom. The molecule has 2 N–H and O–H groups in total. The summed E-state index contributed by atoms with van der Waals surface area (Å²) >= 11 is 19.6. The van der Waals surface area contributed by atoms with Gasteiger partial charge >= 0.3 is 5.97 Å². The van der Waals surface area contributed by atoms with E-state index < -0.39 is 17.4 Å². The first-order valence-electron chi connectivity index (χ1n) is 13.5. The van der Waals surface area contributed by atoms with Crippen LogP contribution >= 0.6 is 34.8 Å². The highest BCUT2D eigenvalue weighted by molar-refractivity contribution is 6.37. The molecule has 0 bridgehead atoms. The zero-order valence-electron chi connectivity index (χ0n) is 22.2. The van der Waals surface area contributed by atoms with Crippen molar-refractivity contribution in [3.8, 4) is 11.4 Å². The molecule has 12 heteroatoms. The van der Waals surface area contributed by atoms with Crippen molar-refractivity contribution in [3.05, 3.63) is 98.0 Å². The maximum atomic E-state index is 14.0. The molecule has 218 valence electrons. The van der Waals surface area contributed by atoms with Crippen molar-refractivity contribution in [1.82, 2.24) is 15.0 Å². The monoisotopic (exact) mass is 630 g/mol. The van der Waals surface area contributed by atoms with E-state index in [4.69, 9.17) is 39.5 Å². The number of aromatic nitrogens is 3. The lowest BCUT2D eigenvalue weighted by molar-refractivity contribution is 0.0118. The fourth-order valence-corrected chi connectivity index (χ4v) is 6.30. The van der Waals surface area contributed by atoms with Crippen LogP contribution in [0.4, 0.5) is 10.1 Å². The van der Waals surface area contributed by atoms with Gasteiger partial charge in [-0.05, 0) is 68.1 Å². The largest absolute Gasteiger partial charge is 0.487 e. The summed E-state index contributed by atoms with van der Waals surface area (Å²) in [7, 11) is 0. The van der Waals surface area contributed by atoms with Gasteiger partial charge in [0.05, 0.1) is 31.9 Å². The smallest absolute Gasteiger partial charge is 0.335 e. The summed E-state index contributed by atoms with van der Waals surface area (Å²) in [5, 5.41) is 30.8. The molecule has 2 fully saturated rings. The van der Waals surface area contributed by atoms with E-state index in [0.717, 1.165) is 30.3 Å². The molecule has 1 aromatic heterocycles. The summed E-state index contributed by atoms with van der Waals surface area (Å²) in [6.07, 6.45) is 2.69. The molecule has 0 unspecified atom stereocenters. The number of hydrogen-bond acceptors (Lipinski definition) is 6. The van der Waals surface area contributed by atoms with Crippen molar-refractivity contribution in [2.45, 2.75) is 43.8 Å². The maximum absolute atomic E-state index is 14.0. The molecule has 1 aliphatic heterocycles. The van der Waals surface area contributed by atoms with Crippen molar-refractivity contribution in [2.24, 2.45) is 0 Å². The molecule has 3 aromatic carbocycles. The van der Waals surface area contributed by atoms with Gasteiger partial charge in [-0.25, -0.2) is 13.9 Å². The minimum atomic E-state index is -1.21. The summed E-state index contributed by atoms with van der Waals surface area (Å²) < 4.78 is 21.8. The number of nitrogens with zero attached hydrogens (tertiary/aromatic N) is 4. The number of para-hydroxylation sites is 1. The molecule has 4 aromatic rings. The summed E-state index contributed by atoms with van der Waals surface area (Å²) in [6, 6.07) is 14.1. The van der Waals surface area contributed by atoms with Crippen LogP contribution in [0.1, 0.15) is 58.9 Å². The first kappa shape index (κ1) is 28.7. The fourth-order valence-electron chi connectivity index (χ4n) is 5.39. The van der Waals surface area contributed by atoms with E-state index in [9.17, 15) is 19.4 Å². The minimum Gasteiger partial charge on any atom is -0.487 e. The number of aliphatic hydroxyl groups is 1. The highest BCUT2D eigenvalue weighted by Gasteiger charge is 2.36. The molecule has 1 saturated carbocycles. The number of rotatable bonds is 8. The van der Waals surface area contributed by atoms with E-state index in [1.807, 2.05) is 4.90 Å². The summed E-state index contributed by atoms with van der Waals surface area (Å²) in [4.78, 5) is 13.2. The molecule has 1 aliphatic carbocycles. The number of carbonyl (C=O) groups is 1. The van der Waals surface area contributed by atoms with Crippen LogP contribution in [0.3, 0.4) is 0 Å². The van der Waals surface area contributed by atoms with Gasteiger partial charge in [0.1, 0.15) is 29.6 Å². The lowest BCUT2D eigenvalue weighted by Crippen LogP contribution is -2.42. The number of ether oxygens (including phenoxy) is 1. The molecule has 42 heavy (non-hydrogen) atoms. The van der Waals surface area contributed by atoms with Crippen LogP contribution in [0.15, 0.2) is 54.6 Å². The van der Waals surface area contributed by atoms with Gasteiger partial charge in [0.25, 0.3) is 0 Å². The Morgan fingerprint density at radius 3 is 2.38 bits per heavy atom. The number of halogens is 4. The predicted octanol–water partition coefficient (Wildman–Crippen LogP) is 7.01. The third kappa shape index (κ3) is 5.66. The normalized spacial score (nSPS) is 16.5. The standard InChI is InChI=1S/C30H26Cl3FN4O4/c31-23-2-1-3-24(32)28(23)38-26(27(35-36-38)17-4-5-17)16-42-21-6-7-22(25(33)15-21)30(41)8-10-37(11-9-30)20-13-18(29(39)40)12-19(34)14-20/h1-3,6-7,12-15,17,41H,4-5,8-11,16H2,(H,39,40). The number of anilines is 1. The van der Waals surface area contributed by atoms with E-state index in [1.165, 1.54) is 12.1 Å². The average Bonchev–Trinajstić information content (AvgIpc) is 3.71. The molecule has 6 rings (SSSR count). The van der Waals surface area contributed by atoms with Gasteiger partial charge in [-0.1, -0.05) is 52.1 Å². The number of benzene rings is 3. The predicted molar refractivity (Wildman–Crippen MR) is 158 cm³/mol. The fraction of sp³-hybridized carbons (Fsp3) is 0.300. The summed E-state index contributed by atoms with van der Waals surface area (Å²) in [5.41, 5.74) is 1.83. The second-order valence-electron chi connectivity index (χ2n) is 10.6. The van der Waals surface area contributed by atoms with Gasteiger partial charge in [0, 0.05) is 30.3 Å². The van der Waals surface area contributed by atoms with Crippen molar-refractivity contribution in [2.75, 3.05) is 18.0 Å². The van der Waals surface area contributed by atoms with Crippen LogP contribution < -0.4 is 9.64 Å². The Morgan fingerprint density at radius 2 is 1.74 bits per heavy atom. The van der Waals surface area contributed by atoms with Crippen LogP contribution in [0.5, 0.6) is 5.75 Å². The molecule has 2 heterocycles. The highest BCUT2D eigenvalue weighted by Crippen LogP contribution is 2.43. The molecule has 1 saturated heterocycles. The quantitative estimate of drug-likeness (QED) is 0.216. The minimum absolute atomic E-state index is 0.123. The Bertz CT molecular complexity index is 1650. The van der Waals surface area contributed by atoms with Gasteiger partial charge in [0.15, 0.2) is 0 Å². The van der Waals surface area contributed by atoms with E-state index in [2.05, 4.69) is 10.3 Å². The van der Waals surface area contributed by atoms with Crippen LogP contribution in [0.25, 0.3) is 5.69 Å². The van der Waals surface area contributed by atoms with Crippen LogP contribution in [-0.2, 0) is 12.2 Å². The molecule has 2 aliphatic rings. The Hall–Kier alpha value is -3.37. The third-order valence-electron chi connectivity index (χ3n) is 7.81. The topological polar surface area (TPSA) is 101 Å². The second kappa shape index (κ2) is 11.4. The molecular formula is C30H26Cl3FN4O4. The third-order valence-corrected chi connectivity index (χ3v) is 8.73. The Kier molecular flexibility index (Phi) is 7.78. The number of hydrogen-bond donors (Lipinski definition) is 2. The summed E-state index contributed by atoms with van der Waals surface area (Å²) in [5.74, 6) is -1.00. The van der Waals surface area contributed by atoms with Crippen molar-refractivity contribution >= 4 is 46.5 Å². The number of carboxylic acid groups (broad SMARTS) is 1. The van der Waals surface area contributed by atoms with Gasteiger partial charge in [-0.2, -0.15) is 0 Å². The molecule has 0 spiro atoms. The van der Waals surface area contributed by atoms with E-state index in [1.54, 1.807) is 41.1 Å². The second-order valence-corrected chi connectivity index (χ2v) is 11.9. The molecular weight excluding hydrogens is 606 g/mol. The van der Waals surface area contributed by atoms with Gasteiger partial charge in [0.2, 0.25) is 0 Å². The van der Waals surface area contributed by atoms with E-state index >= 15 is 0 Å². The van der Waals surface area contributed by atoms with Gasteiger partial charge in [-0.3, -0.25) is 0 Å². The van der Waals surface area contributed by atoms with Gasteiger partial charge < -0.3 is 19.8 Å².